The molecule has 3 aliphatic rings. The number of urea groups is 1. The molecule has 2 N–H and O–H groups in total. The number of anilines is 1. The molecule has 0 radical (unpaired) electrons. The van der Waals surface area contributed by atoms with E-state index in [4.69, 9.17) is 0 Å². The van der Waals surface area contributed by atoms with E-state index >= 15 is 0 Å². The fourth-order valence-corrected chi connectivity index (χ4v) is 6.05. The van der Waals surface area contributed by atoms with Crippen LogP contribution in [0, 0.1) is 12.8 Å². The van der Waals surface area contributed by atoms with Gasteiger partial charge in [0.1, 0.15) is 5.54 Å². The van der Waals surface area contributed by atoms with Crippen LogP contribution in [0.4, 0.5) is 10.5 Å². The number of hydrogen-bond donors (Lipinski definition) is 2. The number of aryl methyl sites for hydroxylation is 1. The number of carbonyl (C=O) groups is 4. The highest BCUT2D eigenvalue weighted by atomic mass is 32.1. The Balaban J connectivity index is 1.41. The number of rotatable bonds is 4. The largest absolute Gasteiger partial charge is 0.344 e. The van der Waals surface area contributed by atoms with Crippen LogP contribution in [0.3, 0.4) is 0 Å². The normalized spacial score (nSPS) is 24.5. The van der Waals surface area contributed by atoms with Gasteiger partial charge in [-0.3, -0.25) is 19.8 Å². The molecule has 5 amide bonds. The second kappa shape index (κ2) is 8.30. The van der Waals surface area contributed by atoms with Gasteiger partial charge in [0.2, 0.25) is 11.8 Å². The molecule has 2 aromatic rings. The maximum Gasteiger partial charge on any atom is 0.344 e. The van der Waals surface area contributed by atoms with E-state index in [1.807, 2.05) is 48.7 Å². The van der Waals surface area contributed by atoms with Crippen LogP contribution in [0.5, 0.6) is 0 Å². The first-order valence-electron chi connectivity index (χ1n) is 11.3. The molecule has 3 fully saturated rings. The third-order valence-electron chi connectivity index (χ3n) is 6.90. The zero-order valence-electron chi connectivity index (χ0n) is 18.4. The number of hydrogen-bond acceptors (Lipinski definition) is 5. The lowest BCUT2D eigenvalue weighted by Gasteiger charge is -2.30. The first-order chi connectivity index (χ1) is 15.9. The van der Waals surface area contributed by atoms with E-state index in [9.17, 15) is 19.2 Å². The second-order valence-corrected chi connectivity index (χ2v) is 10.0. The van der Waals surface area contributed by atoms with E-state index < -0.39 is 35.3 Å². The molecule has 2 aliphatic heterocycles. The average molecular weight is 467 g/mol. The summed E-state index contributed by atoms with van der Waals surface area (Å²) in [6, 6.07) is 10.3. The molecule has 1 aromatic heterocycles. The maximum atomic E-state index is 13.4. The van der Waals surface area contributed by atoms with Crippen molar-refractivity contribution in [2.75, 3.05) is 4.90 Å². The highest BCUT2D eigenvalue weighted by Gasteiger charge is 2.53. The molecule has 2 saturated heterocycles. The van der Waals surface area contributed by atoms with E-state index in [-0.39, 0.29) is 12.3 Å². The number of hydrazine groups is 1. The summed E-state index contributed by atoms with van der Waals surface area (Å²) in [5, 5.41) is 5.52. The summed E-state index contributed by atoms with van der Waals surface area (Å²) in [6.45, 7) is 1.97. The van der Waals surface area contributed by atoms with Crippen molar-refractivity contribution < 1.29 is 19.2 Å². The minimum Gasteiger partial charge on any atom is -0.322 e. The SMILES string of the molecule is Cc1ccc(N2C(=O)C[C@H](C(=O)NN3C(=O)NC4(CCCCC4)C3=O)[C@@H]2c2cccs2)cc1. The van der Waals surface area contributed by atoms with E-state index in [0.717, 1.165) is 40.4 Å². The predicted molar refractivity (Wildman–Crippen MR) is 123 cm³/mol. The van der Waals surface area contributed by atoms with Crippen molar-refractivity contribution in [3.8, 4) is 0 Å². The van der Waals surface area contributed by atoms with E-state index in [1.54, 1.807) is 4.90 Å². The van der Waals surface area contributed by atoms with Gasteiger partial charge in [-0.25, -0.2) is 4.79 Å². The number of carbonyl (C=O) groups excluding carboxylic acids is 4. The van der Waals surface area contributed by atoms with Crippen molar-refractivity contribution >= 4 is 40.8 Å². The number of nitrogens with one attached hydrogen (secondary N) is 2. The number of benzene rings is 1. The Morgan fingerprint density at radius 2 is 1.82 bits per heavy atom. The van der Waals surface area contributed by atoms with Crippen LogP contribution < -0.4 is 15.6 Å². The van der Waals surface area contributed by atoms with E-state index in [1.165, 1.54) is 11.3 Å². The standard InChI is InChI=1S/C24H26N4O4S/c1-15-7-9-16(10-8-15)27-19(29)14-17(20(27)18-6-5-13-33-18)21(30)26-28-22(31)24(25-23(28)32)11-3-2-4-12-24/h5-10,13,17,20H,2-4,11-12,14H2,1H3,(H,25,32)(H,26,30)/t17-,20+/m0/s1. The molecule has 8 nitrogen and oxygen atoms in total. The summed E-state index contributed by atoms with van der Waals surface area (Å²) in [7, 11) is 0. The third kappa shape index (κ3) is 3.70. The van der Waals surface area contributed by atoms with Gasteiger partial charge >= 0.3 is 6.03 Å². The van der Waals surface area contributed by atoms with E-state index in [0.29, 0.717) is 12.8 Å². The van der Waals surface area contributed by atoms with Gasteiger partial charge in [0.05, 0.1) is 12.0 Å². The highest BCUT2D eigenvalue weighted by Crippen LogP contribution is 2.43. The fraction of sp³-hybridized carbons (Fsp3) is 0.417. The summed E-state index contributed by atoms with van der Waals surface area (Å²) in [5.41, 5.74) is 3.41. The minimum absolute atomic E-state index is 0.00291. The molecule has 1 aliphatic carbocycles. The quantitative estimate of drug-likeness (QED) is 0.675. The van der Waals surface area contributed by atoms with Crippen molar-refractivity contribution in [1.29, 1.82) is 0 Å². The van der Waals surface area contributed by atoms with Gasteiger partial charge in [0.25, 0.3) is 5.91 Å². The molecule has 1 aromatic carbocycles. The van der Waals surface area contributed by atoms with Crippen LogP contribution >= 0.6 is 11.3 Å². The Bertz CT molecular complexity index is 1090. The average Bonchev–Trinajstić information content (AvgIpc) is 3.50. The summed E-state index contributed by atoms with van der Waals surface area (Å²) in [4.78, 5) is 54.7. The van der Waals surface area contributed by atoms with Crippen LogP contribution in [-0.2, 0) is 14.4 Å². The van der Waals surface area contributed by atoms with Crippen LogP contribution in [0.25, 0.3) is 0 Å². The zero-order chi connectivity index (χ0) is 23.2. The Labute approximate surface area is 195 Å². The molecule has 1 spiro atoms. The van der Waals surface area contributed by atoms with Crippen LogP contribution in [-0.4, -0.2) is 34.3 Å². The summed E-state index contributed by atoms with van der Waals surface area (Å²) in [6.07, 6.45) is 3.89. The Kier molecular flexibility index (Phi) is 5.44. The maximum absolute atomic E-state index is 13.4. The van der Waals surface area contributed by atoms with Gasteiger partial charge in [0.15, 0.2) is 0 Å². The minimum atomic E-state index is -0.921. The Morgan fingerprint density at radius 1 is 1.09 bits per heavy atom. The summed E-state index contributed by atoms with van der Waals surface area (Å²) >= 11 is 1.47. The predicted octanol–water partition coefficient (Wildman–Crippen LogP) is 3.44. The van der Waals surface area contributed by atoms with Crippen LogP contribution in [0.2, 0.25) is 0 Å². The Morgan fingerprint density at radius 3 is 2.48 bits per heavy atom. The first-order valence-corrected chi connectivity index (χ1v) is 12.2. The first kappa shape index (κ1) is 21.6. The molecule has 0 bridgehead atoms. The summed E-state index contributed by atoms with van der Waals surface area (Å²) in [5.74, 6) is -1.82. The van der Waals surface area contributed by atoms with Gasteiger partial charge < -0.3 is 10.2 Å². The molecule has 9 heteroatoms. The van der Waals surface area contributed by atoms with Crippen molar-refractivity contribution in [3.63, 3.8) is 0 Å². The lowest BCUT2D eigenvalue weighted by Crippen LogP contribution is -2.52. The molecular formula is C24H26N4O4S. The van der Waals surface area contributed by atoms with Gasteiger partial charge in [0, 0.05) is 17.0 Å². The molecule has 2 atom stereocenters. The van der Waals surface area contributed by atoms with Crippen LogP contribution in [0.1, 0.15) is 55.0 Å². The smallest absolute Gasteiger partial charge is 0.322 e. The van der Waals surface area contributed by atoms with Gasteiger partial charge in [-0.2, -0.15) is 5.01 Å². The third-order valence-corrected chi connectivity index (χ3v) is 7.84. The highest BCUT2D eigenvalue weighted by molar-refractivity contribution is 7.10. The number of amides is 5. The molecular weight excluding hydrogens is 440 g/mol. The van der Waals surface area contributed by atoms with Gasteiger partial charge in [-0.15, -0.1) is 11.3 Å². The second-order valence-electron chi connectivity index (χ2n) is 9.06. The van der Waals surface area contributed by atoms with Crippen molar-refractivity contribution in [3.05, 3.63) is 52.2 Å². The van der Waals surface area contributed by atoms with E-state index in [2.05, 4.69) is 10.7 Å². The van der Waals surface area contributed by atoms with Crippen LogP contribution in [0.15, 0.2) is 41.8 Å². The topological polar surface area (TPSA) is 98.8 Å². The van der Waals surface area contributed by atoms with Crippen molar-refractivity contribution in [2.45, 2.75) is 57.0 Å². The molecule has 0 unspecified atom stereocenters. The lowest BCUT2D eigenvalue weighted by atomic mass is 9.82. The molecule has 172 valence electrons. The van der Waals surface area contributed by atoms with Crippen molar-refractivity contribution in [1.82, 2.24) is 15.8 Å². The number of imide groups is 1. The van der Waals surface area contributed by atoms with Gasteiger partial charge in [-0.05, 0) is 43.3 Å². The zero-order valence-corrected chi connectivity index (χ0v) is 19.2. The van der Waals surface area contributed by atoms with Gasteiger partial charge in [-0.1, -0.05) is 43.0 Å². The number of nitrogens with zero attached hydrogens (tertiary/aromatic N) is 2. The molecule has 3 heterocycles. The monoisotopic (exact) mass is 466 g/mol. The lowest BCUT2D eigenvalue weighted by molar-refractivity contribution is -0.141. The molecule has 5 rings (SSSR count). The summed E-state index contributed by atoms with van der Waals surface area (Å²) < 4.78 is 0. The number of thiophene rings is 1. The Hall–Kier alpha value is -3.20. The molecule has 1 saturated carbocycles. The van der Waals surface area contributed by atoms with Crippen molar-refractivity contribution in [2.24, 2.45) is 5.92 Å². The fourth-order valence-electron chi connectivity index (χ4n) is 5.17. The molecule has 33 heavy (non-hydrogen) atoms.